The monoisotopic (exact) mass is 270 g/mol. The third kappa shape index (κ3) is 2.27. The summed E-state index contributed by atoms with van der Waals surface area (Å²) in [5, 5.41) is 3.47. The minimum Gasteiger partial charge on any atom is -0.314 e. The topological polar surface area (TPSA) is 33.5 Å². The smallest absolute Gasteiger partial charge is 0.179 e. The number of pyridine rings is 1. The first-order valence-corrected chi connectivity index (χ1v) is 7.56. The summed E-state index contributed by atoms with van der Waals surface area (Å²) in [5.74, 6) is 0.301. The Morgan fingerprint density at radius 1 is 1.30 bits per heavy atom. The Bertz CT molecular complexity index is 640. The standard InChI is InChI=1S/C17H22N2O/c1-12(2)18-10-9-13-14-6-5-8-16(20)17(14)19-11-4-3-7-15(13)19/h3-4,7,11-12,18H,5-6,8-10H2,1-2H3. The van der Waals surface area contributed by atoms with Gasteiger partial charge in [-0.15, -0.1) is 0 Å². The number of Topliss-reactive ketones (excluding diaryl/α,β-unsaturated/α-hetero) is 1. The minimum absolute atomic E-state index is 0.301. The first kappa shape index (κ1) is 13.4. The minimum atomic E-state index is 0.301. The zero-order valence-corrected chi connectivity index (χ0v) is 12.3. The van der Waals surface area contributed by atoms with Gasteiger partial charge in [-0.2, -0.15) is 0 Å². The summed E-state index contributed by atoms with van der Waals surface area (Å²) >= 11 is 0. The molecular formula is C17H22N2O. The number of hydrogen-bond acceptors (Lipinski definition) is 2. The highest BCUT2D eigenvalue weighted by Crippen LogP contribution is 2.30. The lowest BCUT2D eigenvalue weighted by Gasteiger charge is -2.13. The molecule has 3 nitrogen and oxygen atoms in total. The van der Waals surface area contributed by atoms with Crippen LogP contribution in [0.2, 0.25) is 0 Å². The molecule has 2 heterocycles. The van der Waals surface area contributed by atoms with Gasteiger partial charge in [0.05, 0.1) is 5.69 Å². The van der Waals surface area contributed by atoms with Crippen LogP contribution in [-0.2, 0) is 12.8 Å². The van der Waals surface area contributed by atoms with Crippen LogP contribution in [-0.4, -0.2) is 22.8 Å². The molecule has 2 aromatic rings. The number of nitrogens with zero attached hydrogens (tertiary/aromatic N) is 1. The van der Waals surface area contributed by atoms with E-state index in [-0.39, 0.29) is 0 Å². The maximum absolute atomic E-state index is 12.3. The molecule has 106 valence electrons. The third-order valence-corrected chi connectivity index (χ3v) is 4.08. The largest absolute Gasteiger partial charge is 0.314 e. The van der Waals surface area contributed by atoms with Crippen LogP contribution < -0.4 is 5.32 Å². The fraction of sp³-hybridized carbons (Fsp3) is 0.471. The van der Waals surface area contributed by atoms with E-state index < -0.39 is 0 Å². The molecule has 0 atom stereocenters. The van der Waals surface area contributed by atoms with Gasteiger partial charge in [0.1, 0.15) is 0 Å². The van der Waals surface area contributed by atoms with Gasteiger partial charge in [0.15, 0.2) is 5.78 Å². The van der Waals surface area contributed by atoms with E-state index in [4.69, 9.17) is 0 Å². The molecule has 0 amide bonds. The predicted octanol–water partition coefficient (Wildman–Crippen LogP) is 3.00. The molecule has 0 radical (unpaired) electrons. The Balaban J connectivity index is 2.04. The number of rotatable bonds is 4. The number of carbonyl (C=O) groups is 1. The van der Waals surface area contributed by atoms with Crippen molar-refractivity contribution in [3.05, 3.63) is 41.2 Å². The first-order valence-electron chi connectivity index (χ1n) is 7.56. The van der Waals surface area contributed by atoms with Gasteiger partial charge in [0.2, 0.25) is 0 Å². The SMILES string of the molecule is CC(C)NCCc1c2c(n3ccccc13)C(=O)CCC2. The second-order valence-corrected chi connectivity index (χ2v) is 5.90. The van der Waals surface area contributed by atoms with Gasteiger partial charge in [0, 0.05) is 24.2 Å². The van der Waals surface area contributed by atoms with Gasteiger partial charge in [-0.25, -0.2) is 0 Å². The van der Waals surface area contributed by atoms with Crippen molar-refractivity contribution in [3.63, 3.8) is 0 Å². The molecule has 0 bridgehead atoms. The quantitative estimate of drug-likeness (QED) is 0.926. The van der Waals surface area contributed by atoms with Gasteiger partial charge in [0.25, 0.3) is 0 Å². The molecule has 20 heavy (non-hydrogen) atoms. The van der Waals surface area contributed by atoms with E-state index >= 15 is 0 Å². The van der Waals surface area contributed by atoms with Crippen LogP contribution in [0.3, 0.4) is 0 Å². The summed E-state index contributed by atoms with van der Waals surface area (Å²) in [6.07, 6.45) is 5.75. The summed E-state index contributed by atoms with van der Waals surface area (Å²) in [6, 6.07) is 6.70. The second-order valence-electron chi connectivity index (χ2n) is 5.90. The van der Waals surface area contributed by atoms with E-state index in [9.17, 15) is 4.79 Å². The Kier molecular flexibility index (Phi) is 3.62. The summed E-state index contributed by atoms with van der Waals surface area (Å²) in [6.45, 7) is 5.29. The van der Waals surface area contributed by atoms with E-state index in [1.54, 1.807) is 0 Å². The third-order valence-electron chi connectivity index (χ3n) is 4.08. The van der Waals surface area contributed by atoms with E-state index in [2.05, 4.69) is 35.7 Å². The fourth-order valence-electron chi connectivity index (χ4n) is 3.21. The summed E-state index contributed by atoms with van der Waals surface area (Å²) in [7, 11) is 0. The Labute approximate surface area is 120 Å². The van der Waals surface area contributed by atoms with Gasteiger partial charge < -0.3 is 9.72 Å². The molecule has 0 spiro atoms. The molecule has 3 rings (SSSR count). The Morgan fingerprint density at radius 3 is 2.95 bits per heavy atom. The normalized spacial score (nSPS) is 15.1. The van der Waals surface area contributed by atoms with Crippen LogP contribution in [0.25, 0.3) is 5.52 Å². The predicted molar refractivity (Wildman–Crippen MR) is 81.5 cm³/mol. The van der Waals surface area contributed by atoms with E-state index in [1.807, 2.05) is 12.3 Å². The summed E-state index contributed by atoms with van der Waals surface area (Å²) in [5.41, 5.74) is 4.80. The number of fused-ring (bicyclic) bond motifs is 3. The molecule has 1 N–H and O–H groups in total. The maximum atomic E-state index is 12.3. The molecule has 0 saturated heterocycles. The van der Waals surface area contributed by atoms with Crippen molar-refractivity contribution in [2.24, 2.45) is 0 Å². The van der Waals surface area contributed by atoms with Crippen molar-refractivity contribution in [2.45, 2.75) is 45.6 Å². The van der Waals surface area contributed by atoms with Gasteiger partial charge in [-0.05, 0) is 49.1 Å². The highest BCUT2D eigenvalue weighted by atomic mass is 16.1. The van der Waals surface area contributed by atoms with Gasteiger partial charge in [-0.3, -0.25) is 4.79 Å². The number of nitrogens with one attached hydrogen (secondary N) is 1. The van der Waals surface area contributed by atoms with E-state index in [1.165, 1.54) is 16.6 Å². The highest BCUT2D eigenvalue weighted by molar-refractivity contribution is 5.99. The van der Waals surface area contributed by atoms with Crippen LogP contribution >= 0.6 is 0 Å². The summed E-state index contributed by atoms with van der Waals surface area (Å²) in [4.78, 5) is 12.3. The van der Waals surface area contributed by atoms with Crippen molar-refractivity contribution in [2.75, 3.05) is 6.54 Å². The van der Waals surface area contributed by atoms with E-state index in [0.29, 0.717) is 18.2 Å². The average Bonchev–Trinajstić information content (AvgIpc) is 2.75. The lowest BCUT2D eigenvalue weighted by molar-refractivity contribution is 0.0966. The molecule has 1 aliphatic carbocycles. The van der Waals surface area contributed by atoms with Gasteiger partial charge >= 0.3 is 0 Å². The molecule has 0 aliphatic heterocycles. The van der Waals surface area contributed by atoms with Crippen molar-refractivity contribution >= 4 is 11.3 Å². The molecule has 3 heteroatoms. The molecule has 1 aliphatic rings. The molecular weight excluding hydrogens is 248 g/mol. The molecule has 0 aromatic carbocycles. The van der Waals surface area contributed by atoms with Crippen LogP contribution in [0.4, 0.5) is 0 Å². The summed E-state index contributed by atoms with van der Waals surface area (Å²) < 4.78 is 2.10. The Hall–Kier alpha value is -1.61. The van der Waals surface area contributed by atoms with Crippen molar-refractivity contribution in [1.29, 1.82) is 0 Å². The van der Waals surface area contributed by atoms with Crippen molar-refractivity contribution < 1.29 is 4.79 Å². The van der Waals surface area contributed by atoms with Crippen LogP contribution in [0, 0.1) is 0 Å². The number of carbonyl (C=O) groups excluding carboxylic acids is 1. The molecule has 0 fully saturated rings. The van der Waals surface area contributed by atoms with Crippen LogP contribution in [0.15, 0.2) is 24.4 Å². The highest BCUT2D eigenvalue weighted by Gasteiger charge is 2.25. The first-order chi connectivity index (χ1) is 9.68. The second kappa shape index (κ2) is 5.41. The fourth-order valence-corrected chi connectivity index (χ4v) is 3.21. The van der Waals surface area contributed by atoms with Crippen molar-refractivity contribution in [1.82, 2.24) is 9.72 Å². The average molecular weight is 270 g/mol. The zero-order valence-electron chi connectivity index (χ0n) is 12.3. The number of hydrogen-bond donors (Lipinski definition) is 1. The van der Waals surface area contributed by atoms with Crippen LogP contribution in [0.5, 0.6) is 0 Å². The lowest BCUT2D eigenvalue weighted by atomic mass is 9.92. The lowest BCUT2D eigenvalue weighted by Crippen LogP contribution is -2.25. The van der Waals surface area contributed by atoms with Gasteiger partial charge in [-0.1, -0.05) is 19.9 Å². The van der Waals surface area contributed by atoms with E-state index in [0.717, 1.165) is 31.5 Å². The maximum Gasteiger partial charge on any atom is 0.179 e. The van der Waals surface area contributed by atoms with Crippen molar-refractivity contribution in [3.8, 4) is 0 Å². The number of aromatic nitrogens is 1. The molecule has 0 unspecified atom stereocenters. The molecule has 0 saturated carbocycles. The zero-order chi connectivity index (χ0) is 14.1. The Morgan fingerprint density at radius 2 is 2.15 bits per heavy atom. The van der Waals surface area contributed by atoms with Crippen LogP contribution in [0.1, 0.15) is 48.3 Å². The molecule has 2 aromatic heterocycles. The number of ketones is 1.